The second kappa shape index (κ2) is 27.3. The molecule has 0 bridgehead atoms. The second-order valence-corrected chi connectivity index (χ2v) is 22.1. The Morgan fingerprint density at radius 1 is 0.627 bits per heavy atom. The van der Waals surface area contributed by atoms with Gasteiger partial charge in [-0.1, -0.05) is 77.9 Å². The van der Waals surface area contributed by atoms with Crippen LogP contribution in [0.5, 0.6) is 0 Å². The molecule has 0 saturated carbocycles. The molecule has 13 nitrogen and oxygen atoms in total. The van der Waals surface area contributed by atoms with Crippen LogP contribution in [0, 0.1) is 54.8 Å². The Bertz CT molecular complexity index is 3330. The number of carbonyl (C=O) groups is 4. The number of nitrogens with two attached hydrogens (primary N) is 1. The monoisotopic (exact) mass is 1140 g/mol. The van der Waals surface area contributed by atoms with Crippen LogP contribution in [0.3, 0.4) is 0 Å². The fourth-order valence-corrected chi connectivity index (χ4v) is 12.2. The van der Waals surface area contributed by atoms with Crippen LogP contribution in [-0.4, -0.2) is 96.8 Å². The van der Waals surface area contributed by atoms with Gasteiger partial charge in [0.25, 0.3) is 17.7 Å². The van der Waals surface area contributed by atoms with Crippen molar-refractivity contribution in [2.24, 2.45) is 17.6 Å². The lowest BCUT2D eigenvalue weighted by Gasteiger charge is -2.44. The Kier molecular flexibility index (Phi) is 20.2. The number of hydrogen-bond acceptors (Lipinski definition) is 9. The zero-order valence-electron chi connectivity index (χ0n) is 47.3. The van der Waals surface area contributed by atoms with Gasteiger partial charge in [0.2, 0.25) is 0 Å². The number of piperidine rings is 2. The fourth-order valence-electron chi connectivity index (χ4n) is 12.2. The van der Waals surface area contributed by atoms with E-state index in [1.165, 1.54) is 76.5 Å². The van der Waals surface area contributed by atoms with Crippen LogP contribution in [0.1, 0.15) is 112 Å². The number of aryl methyl sites for hydroxylation is 2. The van der Waals surface area contributed by atoms with Gasteiger partial charge in [0.1, 0.15) is 29.1 Å². The molecule has 8 rings (SSSR count). The van der Waals surface area contributed by atoms with Gasteiger partial charge < -0.3 is 46.4 Å². The van der Waals surface area contributed by atoms with Gasteiger partial charge in [-0.05, 0) is 162 Å². The third-order valence-electron chi connectivity index (χ3n) is 16.3. The molecule has 2 saturated heterocycles. The molecule has 18 heteroatoms. The molecule has 6 aromatic rings. The van der Waals surface area contributed by atoms with E-state index in [2.05, 4.69) is 16.0 Å². The van der Waals surface area contributed by atoms with E-state index in [1.807, 2.05) is 13.0 Å². The molecule has 2 aliphatic heterocycles. The van der Waals surface area contributed by atoms with Crippen molar-refractivity contribution in [3.8, 4) is 22.3 Å². The summed E-state index contributed by atoms with van der Waals surface area (Å²) in [5.41, 5.74) is 5.18. The maximum absolute atomic E-state index is 16.3. The molecular weight excluding hydrogens is 1070 g/mol. The van der Waals surface area contributed by atoms with Crippen LogP contribution < -0.4 is 21.7 Å². The second-order valence-electron chi connectivity index (χ2n) is 22.1. The number of amides is 4. The Labute approximate surface area is 481 Å². The molecule has 2 heterocycles. The highest BCUT2D eigenvalue weighted by Crippen LogP contribution is 2.47. The van der Waals surface area contributed by atoms with E-state index in [0.29, 0.717) is 67.6 Å². The number of carbonyl (C=O) groups excluding carboxylic acids is 4. The van der Waals surface area contributed by atoms with Gasteiger partial charge in [0, 0.05) is 74.3 Å². The van der Waals surface area contributed by atoms with Gasteiger partial charge in [0.15, 0.2) is 6.10 Å². The zero-order chi connectivity index (χ0) is 59.6. The van der Waals surface area contributed by atoms with Crippen LogP contribution in [-0.2, 0) is 33.8 Å². The van der Waals surface area contributed by atoms with Gasteiger partial charge >= 0.3 is 6.09 Å². The first-order valence-corrected chi connectivity index (χ1v) is 28.3. The highest BCUT2D eigenvalue weighted by molar-refractivity contribution is 5.95. The van der Waals surface area contributed by atoms with Crippen LogP contribution in [0.25, 0.3) is 22.3 Å². The van der Waals surface area contributed by atoms with Crippen molar-refractivity contribution in [2.75, 3.05) is 46.8 Å². The summed E-state index contributed by atoms with van der Waals surface area (Å²) in [5.74, 6) is -7.21. The van der Waals surface area contributed by atoms with Gasteiger partial charge in [-0.25, -0.2) is 26.7 Å². The number of halogens is 5. The SMILES string of the molecule is CNCc1ccc(C(=O)N2CCCC(C(O)(CCCNC(=O)OC(CCCC(O)(c3cccc(F)c3-c3cc(C)ccc3F)C3CCCN(C(=O)c4ccc(CNC)cc4F)C3)C(N)=O)c3cccc(F)c3-c3cccc(C)c3)C2)c(F)c1. The molecule has 83 heavy (non-hydrogen) atoms. The number of likely N-dealkylation sites (tertiary alicyclic amines) is 2. The number of primary amides is 1. The smallest absolute Gasteiger partial charge is 0.407 e. The minimum absolute atomic E-state index is 0.00791. The standard InChI is InChI=1S/C65H73F5N6O7/c1-40-12-5-13-44(32-40)58-50(16-6-18-53(58)67)65(82,46-15-10-31-76(39-46)62(79)48-25-23-43(37-73-4)35-56(48)70)28-11-29-74-63(80)83-57(60(71)77)20-8-27-64(81,51-17-7-19-54(68)59(51)49-33-41(2)21-26-52(49)66)45-14-9-30-75(38-45)61(78)47-24-22-42(36-72-3)34-55(47)69/h5-7,12-13,16-19,21-26,32-35,45-46,57,72-73,81-82H,8-11,14-15,20,27-31,36-39H2,1-4H3,(H2,71,77)(H,74,80). The van der Waals surface area contributed by atoms with Crippen molar-refractivity contribution in [1.29, 1.82) is 0 Å². The van der Waals surface area contributed by atoms with E-state index >= 15 is 22.0 Å². The average molecular weight is 1150 g/mol. The van der Waals surface area contributed by atoms with Gasteiger partial charge in [-0.15, -0.1) is 0 Å². The van der Waals surface area contributed by atoms with Gasteiger partial charge in [-0.2, -0.15) is 0 Å². The molecule has 5 atom stereocenters. The summed E-state index contributed by atoms with van der Waals surface area (Å²) in [6, 6.07) is 28.7. The summed E-state index contributed by atoms with van der Waals surface area (Å²) in [7, 11) is 3.44. The summed E-state index contributed by atoms with van der Waals surface area (Å²) in [6.45, 7) is 4.68. The Morgan fingerprint density at radius 2 is 1.14 bits per heavy atom. The molecule has 6 aromatic carbocycles. The molecule has 440 valence electrons. The molecule has 0 aliphatic carbocycles. The first-order valence-electron chi connectivity index (χ1n) is 28.3. The molecule has 2 fully saturated rings. The number of nitrogens with zero attached hydrogens (tertiary/aromatic N) is 2. The Morgan fingerprint density at radius 3 is 1.67 bits per heavy atom. The number of ether oxygens (including phenoxy) is 1. The first-order chi connectivity index (χ1) is 39.8. The Balaban J connectivity index is 0.999. The van der Waals surface area contributed by atoms with E-state index < -0.39 is 82.0 Å². The van der Waals surface area contributed by atoms with Crippen molar-refractivity contribution in [2.45, 2.75) is 102 Å². The number of rotatable bonds is 22. The molecule has 7 N–H and O–H groups in total. The van der Waals surface area contributed by atoms with Crippen LogP contribution in [0.15, 0.2) is 115 Å². The molecule has 0 aromatic heterocycles. The van der Waals surface area contributed by atoms with Crippen molar-refractivity contribution in [1.82, 2.24) is 25.8 Å². The molecule has 0 radical (unpaired) electrons. The summed E-state index contributed by atoms with van der Waals surface area (Å²) < 4.78 is 84.8. The lowest BCUT2D eigenvalue weighted by molar-refractivity contribution is -0.127. The highest BCUT2D eigenvalue weighted by atomic mass is 19.1. The van der Waals surface area contributed by atoms with E-state index in [1.54, 1.807) is 57.4 Å². The van der Waals surface area contributed by atoms with Crippen molar-refractivity contribution < 1.29 is 56.1 Å². The van der Waals surface area contributed by atoms with E-state index in [0.717, 1.165) is 11.6 Å². The van der Waals surface area contributed by atoms with Crippen molar-refractivity contribution in [3.05, 3.63) is 189 Å². The molecule has 0 spiro atoms. The maximum atomic E-state index is 16.3. The number of hydrogen-bond donors (Lipinski definition) is 6. The Hall–Kier alpha value is -7.51. The van der Waals surface area contributed by atoms with E-state index in [4.69, 9.17) is 10.5 Å². The van der Waals surface area contributed by atoms with Crippen LogP contribution >= 0.6 is 0 Å². The summed E-state index contributed by atoms with van der Waals surface area (Å²) >= 11 is 0. The third kappa shape index (κ3) is 14.1. The minimum Gasteiger partial charge on any atom is -0.436 e. The number of nitrogens with one attached hydrogen (secondary N) is 3. The van der Waals surface area contributed by atoms with Crippen molar-refractivity contribution in [3.63, 3.8) is 0 Å². The summed E-state index contributed by atoms with van der Waals surface area (Å²) in [6.07, 6.45) is -1.49. The van der Waals surface area contributed by atoms with Crippen LogP contribution in [0.4, 0.5) is 26.7 Å². The predicted octanol–water partition coefficient (Wildman–Crippen LogP) is 10.5. The summed E-state index contributed by atoms with van der Waals surface area (Å²) in [5, 5.41) is 34.9. The molecule has 5 unspecified atom stereocenters. The average Bonchev–Trinajstić information content (AvgIpc) is 3.53. The fraction of sp³-hybridized carbons (Fsp3) is 0.385. The third-order valence-corrected chi connectivity index (χ3v) is 16.3. The quantitative estimate of drug-likeness (QED) is 0.0284. The number of benzene rings is 6. The highest BCUT2D eigenvalue weighted by Gasteiger charge is 2.46. The molecular formula is C65H73F5N6O7. The van der Waals surface area contributed by atoms with Gasteiger partial charge in [0.05, 0.1) is 22.3 Å². The first kappa shape index (κ1) is 61.6. The number of aliphatic hydroxyl groups is 2. The molecule has 4 amide bonds. The van der Waals surface area contributed by atoms with Crippen LogP contribution in [0.2, 0.25) is 0 Å². The lowest BCUT2D eigenvalue weighted by atomic mass is 9.71. The van der Waals surface area contributed by atoms with E-state index in [-0.39, 0.29) is 97.2 Å². The topological polar surface area (TPSA) is 187 Å². The van der Waals surface area contributed by atoms with Gasteiger partial charge in [-0.3, -0.25) is 14.4 Å². The van der Waals surface area contributed by atoms with E-state index in [9.17, 15) is 29.4 Å². The maximum Gasteiger partial charge on any atom is 0.407 e. The number of alkyl carbamates (subject to hydrolysis) is 1. The predicted molar refractivity (Wildman–Crippen MR) is 307 cm³/mol. The minimum atomic E-state index is -2.01. The summed E-state index contributed by atoms with van der Waals surface area (Å²) in [4.78, 5) is 57.6. The zero-order valence-corrected chi connectivity index (χ0v) is 47.3. The normalized spacial score (nSPS) is 17.3. The van der Waals surface area contributed by atoms with Crippen molar-refractivity contribution >= 4 is 23.8 Å². The molecule has 2 aliphatic rings. The largest absolute Gasteiger partial charge is 0.436 e. The lowest BCUT2D eigenvalue weighted by Crippen LogP contribution is -2.49.